The SMILES string of the molecule is CCC1(OCC(=O)NCC#N)CCN(C(=O)OC(C)(C)C)CC1. The summed E-state index contributed by atoms with van der Waals surface area (Å²) in [6.45, 7) is 8.54. The topological polar surface area (TPSA) is 91.7 Å². The first-order valence-electron chi connectivity index (χ1n) is 7.97. The first kappa shape index (κ1) is 19.2. The van der Waals surface area contributed by atoms with E-state index >= 15 is 0 Å². The van der Waals surface area contributed by atoms with Crippen LogP contribution in [-0.4, -0.2) is 54.3 Å². The predicted octanol–water partition coefficient (Wildman–Crippen LogP) is 1.82. The van der Waals surface area contributed by atoms with Crippen molar-refractivity contribution in [3.63, 3.8) is 0 Å². The minimum Gasteiger partial charge on any atom is -0.444 e. The summed E-state index contributed by atoms with van der Waals surface area (Å²) in [5.41, 5.74) is -0.909. The number of piperidine rings is 1. The molecule has 0 radical (unpaired) electrons. The third-order valence-corrected chi connectivity index (χ3v) is 3.84. The first-order valence-corrected chi connectivity index (χ1v) is 7.97. The number of carbonyl (C=O) groups is 2. The molecule has 1 heterocycles. The highest BCUT2D eigenvalue weighted by atomic mass is 16.6. The highest BCUT2D eigenvalue weighted by molar-refractivity contribution is 5.77. The lowest BCUT2D eigenvalue weighted by Gasteiger charge is -2.41. The molecular weight excluding hydrogens is 298 g/mol. The lowest BCUT2D eigenvalue weighted by Crippen LogP contribution is -2.50. The van der Waals surface area contributed by atoms with Crippen LogP contribution in [0.2, 0.25) is 0 Å². The van der Waals surface area contributed by atoms with Crippen molar-refractivity contribution in [3.8, 4) is 6.07 Å². The van der Waals surface area contributed by atoms with Gasteiger partial charge in [0.05, 0.1) is 11.7 Å². The quantitative estimate of drug-likeness (QED) is 0.779. The standard InChI is InChI=1S/C16H27N3O4/c1-5-16(22-12-13(20)18-9-8-17)6-10-19(11-7-16)14(21)23-15(2,3)4/h5-7,9-12H2,1-4H3,(H,18,20). The molecule has 0 aliphatic carbocycles. The van der Waals surface area contributed by atoms with E-state index in [-0.39, 0.29) is 25.2 Å². The second-order valence-corrected chi connectivity index (χ2v) is 6.73. The molecule has 0 aromatic rings. The van der Waals surface area contributed by atoms with Crippen LogP contribution in [0.25, 0.3) is 0 Å². The number of ether oxygens (including phenoxy) is 2. The second-order valence-electron chi connectivity index (χ2n) is 6.73. The van der Waals surface area contributed by atoms with E-state index in [1.54, 1.807) is 4.90 Å². The second kappa shape index (κ2) is 8.16. The summed E-state index contributed by atoms with van der Waals surface area (Å²) < 4.78 is 11.2. The molecule has 1 N–H and O–H groups in total. The smallest absolute Gasteiger partial charge is 0.410 e. The highest BCUT2D eigenvalue weighted by Crippen LogP contribution is 2.30. The zero-order valence-electron chi connectivity index (χ0n) is 14.5. The molecule has 1 saturated heterocycles. The number of likely N-dealkylation sites (tertiary alicyclic amines) is 1. The summed E-state index contributed by atoms with van der Waals surface area (Å²) in [5, 5.41) is 10.9. The van der Waals surface area contributed by atoms with Crippen LogP contribution in [0, 0.1) is 11.3 Å². The normalized spacial score (nSPS) is 17.3. The molecule has 130 valence electrons. The van der Waals surface area contributed by atoms with Crippen molar-refractivity contribution in [1.82, 2.24) is 10.2 Å². The maximum absolute atomic E-state index is 12.1. The Morgan fingerprint density at radius 1 is 1.30 bits per heavy atom. The monoisotopic (exact) mass is 325 g/mol. The summed E-state index contributed by atoms with van der Waals surface area (Å²) in [7, 11) is 0. The van der Waals surface area contributed by atoms with Gasteiger partial charge in [-0.2, -0.15) is 5.26 Å². The minimum absolute atomic E-state index is 0.0201. The molecule has 0 spiro atoms. The van der Waals surface area contributed by atoms with E-state index < -0.39 is 11.2 Å². The average molecular weight is 325 g/mol. The van der Waals surface area contributed by atoms with Gasteiger partial charge in [0, 0.05) is 13.1 Å². The number of amides is 2. The number of carbonyl (C=O) groups excluding carboxylic acids is 2. The van der Waals surface area contributed by atoms with Gasteiger partial charge in [0.2, 0.25) is 5.91 Å². The Kier molecular flexibility index (Phi) is 6.82. The Hall–Kier alpha value is -1.81. The molecule has 0 unspecified atom stereocenters. The fourth-order valence-corrected chi connectivity index (χ4v) is 2.43. The molecule has 7 heteroatoms. The van der Waals surface area contributed by atoms with Gasteiger partial charge in [-0.25, -0.2) is 4.79 Å². The molecule has 1 aliphatic heterocycles. The Morgan fingerprint density at radius 3 is 2.39 bits per heavy atom. The van der Waals surface area contributed by atoms with Gasteiger partial charge in [0.25, 0.3) is 0 Å². The molecule has 7 nitrogen and oxygen atoms in total. The molecule has 0 aromatic carbocycles. The lowest BCUT2D eigenvalue weighted by molar-refractivity contribution is -0.138. The van der Waals surface area contributed by atoms with Gasteiger partial charge in [-0.1, -0.05) is 6.92 Å². The Balaban J connectivity index is 2.48. The predicted molar refractivity (Wildman–Crippen MR) is 84.6 cm³/mol. The van der Waals surface area contributed by atoms with Gasteiger partial charge >= 0.3 is 6.09 Å². The first-order chi connectivity index (χ1) is 10.7. The number of nitrogens with one attached hydrogen (secondary N) is 1. The van der Waals surface area contributed by atoms with Crippen LogP contribution in [-0.2, 0) is 14.3 Å². The van der Waals surface area contributed by atoms with Crippen molar-refractivity contribution >= 4 is 12.0 Å². The van der Waals surface area contributed by atoms with Crippen molar-refractivity contribution in [3.05, 3.63) is 0 Å². The Labute approximate surface area is 137 Å². The van der Waals surface area contributed by atoms with Crippen LogP contribution in [0.15, 0.2) is 0 Å². The molecule has 0 aromatic heterocycles. The number of rotatable bonds is 5. The fraction of sp³-hybridized carbons (Fsp3) is 0.812. The number of hydrogen-bond acceptors (Lipinski definition) is 5. The molecular formula is C16H27N3O4. The number of hydrogen-bond donors (Lipinski definition) is 1. The Morgan fingerprint density at radius 2 is 1.91 bits per heavy atom. The highest BCUT2D eigenvalue weighted by Gasteiger charge is 2.37. The molecule has 0 saturated carbocycles. The van der Waals surface area contributed by atoms with Crippen LogP contribution in [0.3, 0.4) is 0 Å². The van der Waals surface area contributed by atoms with Crippen LogP contribution in [0.4, 0.5) is 4.79 Å². The van der Waals surface area contributed by atoms with Crippen molar-refractivity contribution in [1.29, 1.82) is 5.26 Å². The summed E-state index contributed by atoms with van der Waals surface area (Å²) in [5.74, 6) is -0.297. The van der Waals surface area contributed by atoms with Crippen molar-refractivity contribution < 1.29 is 19.1 Å². The van der Waals surface area contributed by atoms with E-state index in [0.717, 1.165) is 6.42 Å². The van der Waals surface area contributed by atoms with Crippen molar-refractivity contribution in [2.45, 2.75) is 58.2 Å². The van der Waals surface area contributed by atoms with E-state index in [0.29, 0.717) is 25.9 Å². The fourth-order valence-electron chi connectivity index (χ4n) is 2.43. The van der Waals surface area contributed by atoms with Crippen LogP contribution >= 0.6 is 0 Å². The third kappa shape index (κ3) is 6.45. The summed E-state index contributed by atoms with van der Waals surface area (Å²) in [6, 6.07) is 1.85. The number of nitrogens with zero attached hydrogens (tertiary/aromatic N) is 2. The van der Waals surface area contributed by atoms with E-state index in [1.807, 2.05) is 33.8 Å². The van der Waals surface area contributed by atoms with E-state index in [4.69, 9.17) is 14.7 Å². The molecule has 1 fully saturated rings. The lowest BCUT2D eigenvalue weighted by atomic mass is 9.88. The Bertz CT molecular complexity index is 457. The molecule has 0 bridgehead atoms. The van der Waals surface area contributed by atoms with Crippen LogP contribution < -0.4 is 5.32 Å². The zero-order valence-corrected chi connectivity index (χ0v) is 14.5. The summed E-state index contributed by atoms with van der Waals surface area (Å²) >= 11 is 0. The van der Waals surface area contributed by atoms with Gasteiger partial charge in [-0.3, -0.25) is 4.79 Å². The molecule has 1 rings (SSSR count). The van der Waals surface area contributed by atoms with E-state index in [1.165, 1.54) is 0 Å². The van der Waals surface area contributed by atoms with Crippen molar-refractivity contribution in [2.24, 2.45) is 0 Å². The van der Waals surface area contributed by atoms with Gasteiger partial charge in [0.15, 0.2) is 0 Å². The van der Waals surface area contributed by atoms with Gasteiger partial charge in [0.1, 0.15) is 18.8 Å². The van der Waals surface area contributed by atoms with Gasteiger partial charge < -0.3 is 19.7 Å². The maximum Gasteiger partial charge on any atom is 0.410 e. The molecule has 2 amide bonds. The van der Waals surface area contributed by atoms with Crippen LogP contribution in [0.5, 0.6) is 0 Å². The average Bonchev–Trinajstić information content (AvgIpc) is 2.49. The largest absolute Gasteiger partial charge is 0.444 e. The maximum atomic E-state index is 12.1. The molecule has 1 aliphatic rings. The van der Waals surface area contributed by atoms with Gasteiger partial charge in [-0.05, 0) is 40.0 Å². The third-order valence-electron chi connectivity index (χ3n) is 3.84. The molecule has 23 heavy (non-hydrogen) atoms. The minimum atomic E-state index is -0.508. The van der Waals surface area contributed by atoms with E-state index in [2.05, 4.69) is 5.32 Å². The van der Waals surface area contributed by atoms with E-state index in [9.17, 15) is 9.59 Å². The summed E-state index contributed by atoms with van der Waals surface area (Å²) in [6.07, 6.45) is 1.78. The van der Waals surface area contributed by atoms with Crippen LogP contribution in [0.1, 0.15) is 47.0 Å². The molecule has 0 atom stereocenters. The zero-order chi connectivity index (χ0) is 17.5. The van der Waals surface area contributed by atoms with Gasteiger partial charge in [-0.15, -0.1) is 0 Å². The van der Waals surface area contributed by atoms with Crippen molar-refractivity contribution in [2.75, 3.05) is 26.2 Å². The number of nitriles is 1. The summed E-state index contributed by atoms with van der Waals surface area (Å²) in [4.78, 5) is 25.3.